The summed E-state index contributed by atoms with van der Waals surface area (Å²) in [6.45, 7) is 5.64. The summed E-state index contributed by atoms with van der Waals surface area (Å²) in [7, 11) is 0. The van der Waals surface area contributed by atoms with E-state index in [1.807, 2.05) is 13.8 Å². The van der Waals surface area contributed by atoms with Gasteiger partial charge in [0.25, 0.3) is 11.2 Å². The molecule has 132 valence electrons. The lowest BCUT2D eigenvalue weighted by molar-refractivity contribution is -0.384. The fraction of sp³-hybridized carbons (Fsp3) is 0.412. The van der Waals surface area contributed by atoms with Crippen LogP contribution in [0.3, 0.4) is 0 Å². The number of rotatable bonds is 4. The minimum absolute atomic E-state index is 0.0217. The normalized spacial score (nSPS) is 14.6. The quantitative estimate of drug-likeness (QED) is 0.666. The molecule has 2 heterocycles. The van der Waals surface area contributed by atoms with E-state index in [1.54, 1.807) is 6.07 Å². The third-order valence-electron chi connectivity index (χ3n) is 4.35. The number of aromatic amines is 1. The summed E-state index contributed by atoms with van der Waals surface area (Å²) in [5.74, 6) is 0.818. The Morgan fingerprint density at radius 2 is 2.20 bits per heavy atom. The Morgan fingerprint density at radius 3 is 2.88 bits per heavy atom. The van der Waals surface area contributed by atoms with Crippen molar-refractivity contribution in [2.24, 2.45) is 0 Å². The number of hydrogen-bond acceptors (Lipinski definition) is 5. The molecule has 0 amide bonds. The molecule has 7 nitrogen and oxygen atoms in total. The number of nitro benzene ring substituents is 1. The van der Waals surface area contributed by atoms with Crippen molar-refractivity contribution in [1.82, 2.24) is 14.9 Å². The van der Waals surface area contributed by atoms with Gasteiger partial charge in [0.1, 0.15) is 5.82 Å². The van der Waals surface area contributed by atoms with Crippen molar-refractivity contribution in [2.75, 3.05) is 6.54 Å². The van der Waals surface area contributed by atoms with Gasteiger partial charge in [-0.2, -0.15) is 0 Å². The largest absolute Gasteiger partial charge is 0.310 e. The topological polar surface area (TPSA) is 92.1 Å². The lowest BCUT2D eigenvalue weighted by Gasteiger charge is -2.28. The van der Waals surface area contributed by atoms with Crippen LogP contribution in [0.2, 0.25) is 5.02 Å². The predicted octanol–water partition coefficient (Wildman–Crippen LogP) is 3.01. The molecule has 0 bridgehead atoms. The molecule has 0 saturated heterocycles. The van der Waals surface area contributed by atoms with Crippen LogP contribution in [-0.2, 0) is 19.5 Å². The van der Waals surface area contributed by atoms with Gasteiger partial charge in [-0.15, -0.1) is 0 Å². The van der Waals surface area contributed by atoms with Crippen molar-refractivity contribution in [3.8, 4) is 0 Å². The first-order chi connectivity index (χ1) is 11.8. The highest BCUT2D eigenvalue weighted by molar-refractivity contribution is 6.31. The summed E-state index contributed by atoms with van der Waals surface area (Å²) in [5, 5.41) is 11.5. The monoisotopic (exact) mass is 362 g/mol. The Morgan fingerprint density at radius 1 is 1.44 bits per heavy atom. The molecule has 0 fully saturated rings. The molecule has 0 unspecified atom stereocenters. The van der Waals surface area contributed by atoms with Gasteiger partial charge in [-0.25, -0.2) is 4.98 Å². The second-order valence-corrected chi connectivity index (χ2v) is 6.93. The maximum absolute atomic E-state index is 12.2. The zero-order valence-electron chi connectivity index (χ0n) is 14.1. The molecule has 8 heteroatoms. The number of fused-ring (bicyclic) bond motifs is 1. The molecule has 1 aromatic heterocycles. The molecule has 3 rings (SSSR count). The van der Waals surface area contributed by atoms with Gasteiger partial charge in [-0.3, -0.25) is 19.8 Å². The van der Waals surface area contributed by atoms with Crippen LogP contribution in [0, 0.1) is 10.1 Å². The van der Waals surface area contributed by atoms with E-state index in [2.05, 4.69) is 14.9 Å². The lowest BCUT2D eigenvalue weighted by Crippen LogP contribution is -2.35. The third kappa shape index (κ3) is 3.72. The van der Waals surface area contributed by atoms with Gasteiger partial charge in [0, 0.05) is 48.3 Å². The number of nitrogens with zero attached hydrogens (tertiary/aromatic N) is 3. The van der Waals surface area contributed by atoms with Gasteiger partial charge in [-0.1, -0.05) is 25.4 Å². The van der Waals surface area contributed by atoms with Crippen LogP contribution in [-0.4, -0.2) is 26.3 Å². The third-order valence-corrected chi connectivity index (χ3v) is 4.72. The molecule has 2 aromatic rings. The lowest BCUT2D eigenvalue weighted by atomic mass is 10.0. The molecule has 1 aliphatic heterocycles. The van der Waals surface area contributed by atoms with E-state index in [0.29, 0.717) is 42.5 Å². The van der Waals surface area contributed by atoms with Crippen LogP contribution in [0.15, 0.2) is 23.0 Å². The number of hydrogen-bond donors (Lipinski definition) is 1. The Labute approximate surface area is 149 Å². The van der Waals surface area contributed by atoms with E-state index in [9.17, 15) is 14.9 Å². The smallest absolute Gasteiger partial charge is 0.269 e. The highest BCUT2D eigenvalue weighted by Crippen LogP contribution is 2.25. The average molecular weight is 363 g/mol. The molecular formula is C17H19ClN4O3. The molecule has 0 aliphatic carbocycles. The summed E-state index contributed by atoms with van der Waals surface area (Å²) >= 11 is 6.19. The number of aromatic nitrogens is 2. The van der Waals surface area contributed by atoms with Crippen LogP contribution in [0.4, 0.5) is 5.69 Å². The van der Waals surface area contributed by atoms with E-state index in [4.69, 9.17) is 11.6 Å². The molecule has 0 radical (unpaired) electrons. The Balaban J connectivity index is 1.85. The van der Waals surface area contributed by atoms with Crippen molar-refractivity contribution < 1.29 is 4.92 Å². The van der Waals surface area contributed by atoms with Crippen molar-refractivity contribution in [2.45, 2.75) is 39.3 Å². The second-order valence-electron chi connectivity index (χ2n) is 6.52. The highest BCUT2D eigenvalue weighted by atomic mass is 35.5. The molecule has 0 saturated carbocycles. The van der Waals surface area contributed by atoms with Crippen LogP contribution in [0.1, 0.15) is 42.4 Å². The van der Waals surface area contributed by atoms with Crippen molar-refractivity contribution in [3.05, 3.63) is 66.3 Å². The van der Waals surface area contributed by atoms with Gasteiger partial charge in [-0.05, 0) is 18.1 Å². The molecule has 1 aliphatic rings. The fourth-order valence-electron chi connectivity index (χ4n) is 2.96. The van der Waals surface area contributed by atoms with Crippen LogP contribution in [0.5, 0.6) is 0 Å². The maximum atomic E-state index is 12.2. The summed E-state index contributed by atoms with van der Waals surface area (Å²) in [5.41, 5.74) is 2.16. The predicted molar refractivity (Wildman–Crippen MR) is 94.9 cm³/mol. The SMILES string of the molecule is CC(C)c1nc2c(c(=O)[nH]1)CCN(Cc1cc([N+](=O)[O-])ccc1Cl)C2. The first kappa shape index (κ1) is 17.6. The molecule has 1 aromatic carbocycles. The van der Waals surface area contributed by atoms with E-state index < -0.39 is 4.92 Å². The Kier molecular flexibility index (Phi) is 4.87. The fourth-order valence-corrected chi connectivity index (χ4v) is 3.14. The first-order valence-corrected chi connectivity index (χ1v) is 8.50. The van der Waals surface area contributed by atoms with E-state index in [-0.39, 0.29) is 17.2 Å². The van der Waals surface area contributed by atoms with Crippen molar-refractivity contribution >= 4 is 17.3 Å². The minimum Gasteiger partial charge on any atom is -0.310 e. The molecule has 0 atom stereocenters. The summed E-state index contributed by atoms with van der Waals surface area (Å²) in [6.07, 6.45) is 0.600. The van der Waals surface area contributed by atoms with Crippen LogP contribution >= 0.6 is 11.6 Å². The first-order valence-electron chi connectivity index (χ1n) is 8.12. The maximum Gasteiger partial charge on any atom is 0.269 e. The number of non-ortho nitro benzene ring substituents is 1. The van der Waals surface area contributed by atoms with Crippen molar-refractivity contribution in [3.63, 3.8) is 0 Å². The van der Waals surface area contributed by atoms with E-state index >= 15 is 0 Å². The van der Waals surface area contributed by atoms with Gasteiger partial charge >= 0.3 is 0 Å². The summed E-state index contributed by atoms with van der Waals surface area (Å²) < 4.78 is 0. The van der Waals surface area contributed by atoms with Gasteiger partial charge < -0.3 is 4.98 Å². The van der Waals surface area contributed by atoms with Gasteiger partial charge in [0.2, 0.25) is 0 Å². The number of nitrogens with one attached hydrogen (secondary N) is 1. The number of halogens is 1. The van der Waals surface area contributed by atoms with Gasteiger partial charge in [0.15, 0.2) is 0 Å². The number of nitro groups is 1. The second kappa shape index (κ2) is 6.93. The van der Waals surface area contributed by atoms with Crippen LogP contribution in [0.25, 0.3) is 0 Å². The van der Waals surface area contributed by atoms with Crippen molar-refractivity contribution in [1.29, 1.82) is 0 Å². The summed E-state index contributed by atoms with van der Waals surface area (Å²) in [6, 6.07) is 4.45. The summed E-state index contributed by atoms with van der Waals surface area (Å²) in [4.78, 5) is 32.3. The standard InChI is InChI=1S/C17H19ClN4O3/c1-10(2)16-19-15-9-21(6-5-13(15)17(23)20-16)8-11-7-12(22(24)25)3-4-14(11)18/h3-4,7,10H,5-6,8-9H2,1-2H3,(H,19,20,23). The Bertz CT molecular complexity index is 879. The van der Waals surface area contributed by atoms with Crippen LogP contribution < -0.4 is 5.56 Å². The minimum atomic E-state index is -0.429. The molecule has 25 heavy (non-hydrogen) atoms. The number of benzene rings is 1. The zero-order chi connectivity index (χ0) is 18.1. The van der Waals surface area contributed by atoms with E-state index in [1.165, 1.54) is 12.1 Å². The average Bonchev–Trinajstić information content (AvgIpc) is 2.56. The van der Waals surface area contributed by atoms with Gasteiger partial charge in [0.05, 0.1) is 10.6 Å². The van der Waals surface area contributed by atoms with E-state index in [0.717, 1.165) is 11.3 Å². The molecule has 0 spiro atoms. The Hall–Kier alpha value is -2.25. The zero-order valence-corrected chi connectivity index (χ0v) is 14.8. The molecular weight excluding hydrogens is 344 g/mol. The highest BCUT2D eigenvalue weighted by Gasteiger charge is 2.23. The molecule has 1 N–H and O–H groups in total. The number of H-pyrrole nitrogens is 1.